The second kappa shape index (κ2) is 8.84. The van der Waals surface area contributed by atoms with Crippen molar-refractivity contribution in [2.75, 3.05) is 19.6 Å². The van der Waals surface area contributed by atoms with Gasteiger partial charge in [-0.2, -0.15) is 5.26 Å². The van der Waals surface area contributed by atoms with Crippen LogP contribution in [0.2, 0.25) is 0 Å². The SMILES string of the molecule is N#Cc1ccc(C2CN(Cc3ccccc3)CCN2Cc2ccccc2)cc1. The molecule has 1 aliphatic rings. The fourth-order valence-corrected chi connectivity index (χ4v) is 3.97. The third kappa shape index (κ3) is 4.48. The van der Waals surface area contributed by atoms with Gasteiger partial charge in [0.25, 0.3) is 0 Å². The highest BCUT2D eigenvalue weighted by Crippen LogP contribution is 2.28. The summed E-state index contributed by atoms with van der Waals surface area (Å²) in [6.45, 7) is 5.02. The van der Waals surface area contributed by atoms with Crippen LogP contribution in [0.25, 0.3) is 0 Å². The molecule has 1 atom stereocenters. The molecule has 1 unspecified atom stereocenters. The molecule has 1 heterocycles. The number of nitrogens with zero attached hydrogens (tertiary/aromatic N) is 3. The van der Waals surface area contributed by atoms with Crippen LogP contribution in [0.4, 0.5) is 0 Å². The zero-order chi connectivity index (χ0) is 19.2. The topological polar surface area (TPSA) is 30.3 Å². The van der Waals surface area contributed by atoms with E-state index in [1.54, 1.807) is 0 Å². The molecule has 0 radical (unpaired) electrons. The van der Waals surface area contributed by atoms with E-state index in [4.69, 9.17) is 5.26 Å². The zero-order valence-electron chi connectivity index (χ0n) is 16.0. The normalized spacial score (nSPS) is 17.9. The van der Waals surface area contributed by atoms with Gasteiger partial charge in [0.1, 0.15) is 0 Å². The summed E-state index contributed by atoms with van der Waals surface area (Å²) in [4.78, 5) is 5.11. The molecule has 3 aromatic rings. The molecule has 3 aromatic carbocycles. The molecule has 0 saturated carbocycles. The summed E-state index contributed by atoms with van der Waals surface area (Å²) in [5.41, 5.74) is 4.71. The molecule has 140 valence electrons. The zero-order valence-corrected chi connectivity index (χ0v) is 16.0. The number of rotatable bonds is 5. The lowest BCUT2D eigenvalue weighted by Gasteiger charge is -2.42. The Morgan fingerprint density at radius 1 is 0.750 bits per heavy atom. The van der Waals surface area contributed by atoms with Gasteiger partial charge in [-0.3, -0.25) is 9.80 Å². The molecule has 0 bridgehead atoms. The lowest BCUT2D eigenvalue weighted by molar-refractivity contribution is 0.0636. The van der Waals surface area contributed by atoms with Crippen molar-refractivity contribution in [3.63, 3.8) is 0 Å². The highest BCUT2D eigenvalue weighted by atomic mass is 15.3. The first-order valence-electron chi connectivity index (χ1n) is 9.86. The second-order valence-electron chi connectivity index (χ2n) is 7.43. The molecule has 1 fully saturated rings. The minimum absolute atomic E-state index is 0.324. The van der Waals surface area contributed by atoms with Gasteiger partial charge in [-0.1, -0.05) is 72.8 Å². The summed E-state index contributed by atoms with van der Waals surface area (Å²) in [6.07, 6.45) is 0. The van der Waals surface area contributed by atoms with Crippen molar-refractivity contribution in [1.29, 1.82) is 5.26 Å². The van der Waals surface area contributed by atoms with Gasteiger partial charge < -0.3 is 0 Å². The van der Waals surface area contributed by atoms with Crippen molar-refractivity contribution in [2.24, 2.45) is 0 Å². The molecule has 0 amide bonds. The van der Waals surface area contributed by atoms with Crippen molar-refractivity contribution in [2.45, 2.75) is 19.1 Å². The molecular formula is C25H25N3. The van der Waals surface area contributed by atoms with Gasteiger partial charge in [0.05, 0.1) is 11.6 Å². The first-order chi connectivity index (χ1) is 13.8. The van der Waals surface area contributed by atoms with Crippen molar-refractivity contribution in [1.82, 2.24) is 9.80 Å². The maximum Gasteiger partial charge on any atom is 0.0991 e. The highest BCUT2D eigenvalue weighted by Gasteiger charge is 2.28. The van der Waals surface area contributed by atoms with Gasteiger partial charge in [-0.15, -0.1) is 0 Å². The van der Waals surface area contributed by atoms with Crippen molar-refractivity contribution < 1.29 is 0 Å². The lowest BCUT2D eigenvalue weighted by atomic mass is 9.99. The van der Waals surface area contributed by atoms with Crippen LogP contribution >= 0.6 is 0 Å². The molecule has 1 saturated heterocycles. The number of hydrogen-bond donors (Lipinski definition) is 0. The molecule has 0 N–H and O–H groups in total. The largest absolute Gasteiger partial charge is 0.296 e. The highest BCUT2D eigenvalue weighted by molar-refractivity contribution is 5.33. The minimum atomic E-state index is 0.324. The molecule has 0 spiro atoms. The van der Waals surface area contributed by atoms with Crippen LogP contribution in [0.5, 0.6) is 0 Å². The predicted molar refractivity (Wildman–Crippen MR) is 112 cm³/mol. The van der Waals surface area contributed by atoms with Crippen molar-refractivity contribution in [3.05, 3.63) is 107 Å². The number of nitriles is 1. The predicted octanol–water partition coefficient (Wildman–Crippen LogP) is 4.62. The van der Waals surface area contributed by atoms with Gasteiger partial charge >= 0.3 is 0 Å². The first kappa shape index (κ1) is 18.4. The fourth-order valence-electron chi connectivity index (χ4n) is 3.97. The van der Waals surface area contributed by atoms with E-state index in [1.165, 1.54) is 16.7 Å². The summed E-state index contributed by atoms with van der Waals surface area (Å²) in [7, 11) is 0. The van der Waals surface area contributed by atoms with E-state index in [0.29, 0.717) is 6.04 Å². The Hall–Kier alpha value is -2.93. The van der Waals surface area contributed by atoms with Crippen LogP contribution in [0.1, 0.15) is 28.3 Å². The van der Waals surface area contributed by atoms with Gasteiger partial charge in [-0.25, -0.2) is 0 Å². The van der Waals surface area contributed by atoms with Crippen LogP contribution in [0.15, 0.2) is 84.9 Å². The summed E-state index contributed by atoms with van der Waals surface area (Å²) in [6, 6.07) is 32.0. The Kier molecular flexibility index (Phi) is 5.82. The molecule has 3 nitrogen and oxygen atoms in total. The summed E-state index contributed by atoms with van der Waals surface area (Å²) in [5.74, 6) is 0. The number of piperazine rings is 1. The van der Waals surface area contributed by atoms with E-state index in [-0.39, 0.29) is 0 Å². The molecule has 3 heteroatoms. The van der Waals surface area contributed by atoms with E-state index in [1.807, 2.05) is 12.1 Å². The number of benzene rings is 3. The molecule has 28 heavy (non-hydrogen) atoms. The molecule has 4 rings (SSSR count). The van der Waals surface area contributed by atoms with E-state index in [9.17, 15) is 0 Å². The van der Waals surface area contributed by atoms with Gasteiger partial charge in [-0.05, 0) is 28.8 Å². The van der Waals surface area contributed by atoms with Gasteiger partial charge in [0, 0.05) is 38.8 Å². The average Bonchev–Trinajstić information content (AvgIpc) is 2.76. The lowest BCUT2D eigenvalue weighted by Crippen LogP contribution is -2.47. The first-order valence-corrected chi connectivity index (χ1v) is 9.86. The standard InChI is InChI=1S/C25H25N3/c26-17-21-11-13-24(14-12-21)25-20-27(18-22-7-3-1-4-8-22)15-16-28(25)19-23-9-5-2-6-10-23/h1-14,25H,15-16,18-20H2. The number of hydrogen-bond acceptors (Lipinski definition) is 3. The molecule has 0 aliphatic carbocycles. The fraction of sp³-hybridized carbons (Fsp3) is 0.240. The molecule has 0 aromatic heterocycles. The van der Waals surface area contributed by atoms with E-state index in [2.05, 4.69) is 88.7 Å². The van der Waals surface area contributed by atoms with Crippen molar-refractivity contribution in [3.8, 4) is 6.07 Å². The van der Waals surface area contributed by atoms with Crippen LogP contribution in [0, 0.1) is 11.3 Å². The quantitative estimate of drug-likeness (QED) is 0.659. The van der Waals surface area contributed by atoms with E-state index < -0.39 is 0 Å². The Morgan fingerprint density at radius 3 is 1.96 bits per heavy atom. The van der Waals surface area contributed by atoms with E-state index >= 15 is 0 Å². The average molecular weight is 367 g/mol. The second-order valence-corrected chi connectivity index (χ2v) is 7.43. The van der Waals surface area contributed by atoms with Crippen LogP contribution in [0.3, 0.4) is 0 Å². The maximum atomic E-state index is 9.12. The third-order valence-corrected chi connectivity index (χ3v) is 5.48. The Labute approximate surface area is 167 Å². The van der Waals surface area contributed by atoms with Crippen LogP contribution in [-0.2, 0) is 13.1 Å². The maximum absolute atomic E-state index is 9.12. The Morgan fingerprint density at radius 2 is 1.36 bits per heavy atom. The summed E-state index contributed by atoms with van der Waals surface area (Å²) < 4.78 is 0. The third-order valence-electron chi connectivity index (χ3n) is 5.48. The summed E-state index contributed by atoms with van der Waals surface area (Å²) in [5, 5.41) is 9.12. The Bertz CT molecular complexity index is 914. The molecular weight excluding hydrogens is 342 g/mol. The molecule has 1 aliphatic heterocycles. The van der Waals surface area contributed by atoms with Crippen molar-refractivity contribution >= 4 is 0 Å². The van der Waals surface area contributed by atoms with Gasteiger partial charge in [0.2, 0.25) is 0 Å². The van der Waals surface area contributed by atoms with Crippen LogP contribution in [-0.4, -0.2) is 29.4 Å². The Balaban J connectivity index is 1.55. The summed E-state index contributed by atoms with van der Waals surface area (Å²) >= 11 is 0. The monoisotopic (exact) mass is 367 g/mol. The van der Waals surface area contributed by atoms with Crippen LogP contribution < -0.4 is 0 Å². The minimum Gasteiger partial charge on any atom is -0.296 e. The smallest absolute Gasteiger partial charge is 0.0991 e. The van der Waals surface area contributed by atoms with Gasteiger partial charge in [0.15, 0.2) is 0 Å². The van der Waals surface area contributed by atoms with E-state index in [0.717, 1.165) is 38.3 Å².